The van der Waals surface area contributed by atoms with E-state index in [0.717, 1.165) is 16.2 Å². The summed E-state index contributed by atoms with van der Waals surface area (Å²) in [5.41, 5.74) is 0.887. The van der Waals surface area contributed by atoms with Gasteiger partial charge in [0.25, 0.3) is 0 Å². The number of H-pyrrole nitrogens is 1. The Morgan fingerprint density at radius 2 is 2.27 bits per heavy atom. The molecule has 0 saturated heterocycles. The number of nitrogens with one attached hydrogen (secondary N) is 1. The second-order valence-electron chi connectivity index (χ2n) is 3.17. The Morgan fingerprint density at radius 1 is 1.33 bits per heavy atom. The molecule has 3 aromatic heterocycles. The number of furan rings is 1. The molecule has 3 nitrogen and oxygen atoms in total. The first kappa shape index (κ1) is 8.49. The van der Waals surface area contributed by atoms with Crippen molar-refractivity contribution in [3.05, 3.63) is 46.3 Å². The highest BCUT2D eigenvalue weighted by Crippen LogP contribution is 2.30. The lowest BCUT2D eigenvalue weighted by Gasteiger charge is -1.92. The van der Waals surface area contributed by atoms with Crippen LogP contribution in [0.15, 0.2) is 45.3 Å². The molecule has 0 spiro atoms. The summed E-state index contributed by atoms with van der Waals surface area (Å²) in [4.78, 5) is 15.6. The Kier molecular flexibility index (Phi) is 1.76. The Balaban J connectivity index is 2.43. The van der Waals surface area contributed by atoms with Crippen molar-refractivity contribution in [3.63, 3.8) is 0 Å². The van der Waals surface area contributed by atoms with Gasteiger partial charge in [-0.25, -0.2) is 0 Å². The van der Waals surface area contributed by atoms with Crippen molar-refractivity contribution in [3.8, 4) is 11.3 Å². The highest BCUT2D eigenvalue weighted by atomic mass is 32.1. The number of aromatic amines is 1. The summed E-state index contributed by atoms with van der Waals surface area (Å²) >= 11 is 1.51. The molecule has 3 heterocycles. The molecule has 0 saturated carbocycles. The van der Waals surface area contributed by atoms with Crippen LogP contribution in [0, 0.1) is 0 Å². The van der Waals surface area contributed by atoms with Crippen LogP contribution in [0.4, 0.5) is 0 Å². The van der Waals surface area contributed by atoms with E-state index in [2.05, 4.69) is 4.98 Å². The lowest BCUT2D eigenvalue weighted by molar-refractivity contribution is 0.583. The van der Waals surface area contributed by atoms with Crippen LogP contribution in [0.5, 0.6) is 0 Å². The SMILES string of the molecule is O=c1cc[nH]c2scc(-c3ccco3)c12. The maximum atomic E-state index is 11.7. The van der Waals surface area contributed by atoms with Gasteiger partial charge in [-0.05, 0) is 12.1 Å². The van der Waals surface area contributed by atoms with E-state index in [9.17, 15) is 4.79 Å². The molecule has 3 aromatic rings. The predicted octanol–water partition coefficient (Wildman–Crippen LogP) is 2.85. The molecule has 3 rings (SSSR count). The summed E-state index contributed by atoms with van der Waals surface area (Å²) in [7, 11) is 0. The molecule has 0 aromatic carbocycles. The monoisotopic (exact) mass is 217 g/mol. The summed E-state index contributed by atoms with van der Waals surface area (Å²) in [5, 5.41) is 2.64. The lowest BCUT2D eigenvalue weighted by Crippen LogP contribution is -1.98. The van der Waals surface area contributed by atoms with Crippen LogP contribution in [0.1, 0.15) is 0 Å². The average Bonchev–Trinajstić information content (AvgIpc) is 2.85. The van der Waals surface area contributed by atoms with Gasteiger partial charge in [0.15, 0.2) is 5.43 Å². The number of hydrogen-bond acceptors (Lipinski definition) is 3. The Morgan fingerprint density at radius 3 is 3.07 bits per heavy atom. The molecule has 0 radical (unpaired) electrons. The molecule has 74 valence electrons. The smallest absolute Gasteiger partial charge is 0.191 e. The van der Waals surface area contributed by atoms with Crippen molar-refractivity contribution in [1.82, 2.24) is 4.98 Å². The van der Waals surface area contributed by atoms with Crippen LogP contribution in [-0.4, -0.2) is 4.98 Å². The van der Waals surface area contributed by atoms with E-state index in [1.54, 1.807) is 12.5 Å². The van der Waals surface area contributed by atoms with Gasteiger partial charge >= 0.3 is 0 Å². The van der Waals surface area contributed by atoms with E-state index in [1.807, 2.05) is 17.5 Å². The third kappa shape index (κ3) is 1.22. The molecule has 15 heavy (non-hydrogen) atoms. The average molecular weight is 217 g/mol. The predicted molar refractivity (Wildman–Crippen MR) is 60.1 cm³/mol. The molecule has 0 bridgehead atoms. The van der Waals surface area contributed by atoms with Gasteiger partial charge < -0.3 is 9.40 Å². The maximum Gasteiger partial charge on any atom is 0.191 e. The van der Waals surface area contributed by atoms with Crippen molar-refractivity contribution < 1.29 is 4.42 Å². The van der Waals surface area contributed by atoms with Gasteiger partial charge in [-0.15, -0.1) is 11.3 Å². The largest absolute Gasteiger partial charge is 0.464 e. The molecular weight excluding hydrogens is 210 g/mol. The fourth-order valence-electron chi connectivity index (χ4n) is 1.60. The first-order valence-corrected chi connectivity index (χ1v) is 5.37. The maximum absolute atomic E-state index is 11.7. The molecule has 1 N–H and O–H groups in total. The fourth-order valence-corrected chi connectivity index (χ4v) is 2.53. The minimum Gasteiger partial charge on any atom is -0.464 e. The third-order valence-corrected chi connectivity index (χ3v) is 3.18. The second-order valence-corrected chi connectivity index (χ2v) is 4.05. The Hall–Kier alpha value is -1.81. The molecule has 0 fully saturated rings. The van der Waals surface area contributed by atoms with Gasteiger partial charge in [0.1, 0.15) is 10.6 Å². The van der Waals surface area contributed by atoms with E-state index in [4.69, 9.17) is 4.42 Å². The molecule has 0 aliphatic heterocycles. The van der Waals surface area contributed by atoms with E-state index in [1.165, 1.54) is 17.4 Å². The number of pyridine rings is 1. The van der Waals surface area contributed by atoms with Crippen LogP contribution < -0.4 is 5.43 Å². The Labute approximate surface area is 89.0 Å². The minimum atomic E-state index is 0.0244. The van der Waals surface area contributed by atoms with E-state index in [0.29, 0.717) is 5.39 Å². The second kappa shape index (κ2) is 3.10. The zero-order valence-electron chi connectivity index (χ0n) is 7.69. The summed E-state index contributed by atoms with van der Waals surface area (Å²) in [6, 6.07) is 5.20. The first-order valence-electron chi connectivity index (χ1n) is 4.49. The molecule has 0 unspecified atom stereocenters. The quantitative estimate of drug-likeness (QED) is 0.681. The summed E-state index contributed by atoms with van der Waals surface area (Å²) in [6.07, 6.45) is 3.27. The standard InChI is InChI=1S/C11H7NO2S/c13-8-3-4-12-11-10(8)7(6-15-11)9-2-1-5-14-9/h1-6H,(H,12,13). The van der Waals surface area contributed by atoms with Crippen LogP contribution >= 0.6 is 11.3 Å². The molecule has 0 aliphatic rings. The molecular formula is C11H7NO2S. The van der Waals surface area contributed by atoms with Gasteiger partial charge in [-0.1, -0.05) is 0 Å². The lowest BCUT2D eigenvalue weighted by atomic mass is 10.2. The molecule has 0 aliphatic carbocycles. The van der Waals surface area contributed by atoms with Crippen molar-refractivity contribution >= 4 is 21.6 Å². The topological polar surface area (TPSA) is 46.0 Å². The van der Waals surface area contributed by atoms with Crippen LogP contribution in [0.2, 0.25) is 0 Å². The van der Waals surface area contributed by atoms with Gasteiger partial charge in [0, 0.05) is 23.2 Å². The van der Waals surface area contributed by atoms with E-state index in [-0.39, 0.29) is 5.43 Å². The number of fused-ring (bicyclic) bond motifs is 1. The van der Waals surface area contributed by atoms with Gasteiger partial charge in [0.2, 0.25) is 0 Å². The molecule has 0 atom stereocenters. The van der Waals surface area contributed by atoms with Crippen molar-refractivity contribution in [2.45, 2.75) is 0 Å². The summed E-state index contributed by atoms with van der Waals surface area (Å²) in [5.74, 6) is 0.734. The number of thiophene rings is 1. The highest BCUT2D eigenvalue weighted by molar-refractivity contribution is 7.17. The van der Waals surface area contributed by atoms with Crippen molar-refractivity contribution in [1.29, 1.82) is 0 Å². The van der Waals surface area contributed by atoms with Crippen LogP contribution in [0.3, 0.4) is 0 Å². The zero-order valence-corrected chi connectivity index (χ0v) is 8.51. The minimum absolute atomic E-state index is 0.0244. The van der Waals surface area contributed by atoms with Crippen molar-refractivity contribution in [2.24, 2.45) is 0 Å². The number of rotatable bonds is 1. The number of hydrogen-bond donors (Lipinski definition) is 1. The zero-order chi connectivity index (χ0) is 10.3. The van der Waals surface area contributed by atoms with Gasteiger partial charge in [0.05, 0.1) is 11.6 Å². The first-order chi connectivity index (χ1) is 7.36. The van der Waals surface area contributed by atoms with E-state index < -0.39 is 0 Å². The van der Waals surface area contributed by atoms with Crippen molar-refractivity contribution in [2.75, 3.05) is 0 Å². The third-order valence-electron chi connectivity index (χ3n) is 2.27. The van der Waals surface area contributed by atoms with Crippen LogP contribution in [-0.2, 0) is 0 Å². The number of aromatic nitrogens is 1. The van der Waals surface area contributed by atoms with Gasteiger partial charge in [-0.3, -0.25) is 4.79 Å². The summed E-state index contributed by atoms with van der Waals surface area (Å²) < 4.78 is 5.29. The van der Waals surface area contributed by atoms with E-state index >= 15 is 0 Å². The van der Waals surface area contributed by atoms with Gasteiger partial charge in [-0.2, -0.15) is 0 Å². The summed E-state index contributed by atoms with van der Waals surface area (Å²) in [6.45, 7) is 0. The molecule has 0 amide bonds. The normalized spacial score (nSPS) is 10.9. The molecule has 4 heteroatoms. The fraction of sp³-hybridized carbons (Fsp3) is 0. The van der Waals surface area contributed by atoms with Crippen LogP contribution in [0.25, 0.3) is 21.5 Å². The Bertz CT molecular complexity index is 649. The highest BCUT2D eigenvalue weighted by Gasteiger charge is 2.11.